The molecular weight excluding hydrogens is 502 g/mol. The van der Waals surface area contributed by atoms with Crippen LogP contribution in [0.5, 0.6) is 0 Å². The maximum Gasteiger partial charge on any atom is 0.339 e. The van der Waals surface area contributed by atoms with Crippen molar-refractivity contribution < 1.29 is 14.3 Å². The third kappa shape index (κ3) is 4.63. The van der Waals surface area contributed by atoms with Gasteiger partial charge in [-0.25, -0.2) is 9.80 Å². The summed E-state index contributed by atoms with van der Waals surface area (Å²) in [4.78, 5) is 33.3. The first-order chi connectivity index (χ1) is 18.1. The van der Waals surface area contributed by atoms with Crippen LogP contribution >= 0.6 is 22.7 Å². The van der Waals surface area contributed by atoms with Gasteiger partial charge in [-0.15, -0.1) is 22.7 Å². The number of benzene rings is 1. The Kier molecular flexibility index (Phi) is 6.44. The van der Waals surface area contributed by atoms with Gasteiger partial charge in [0.25, 0.3) is 5.91 Å². The van der Waals surface area contributed by atoms with Crippen molar-refractivity contribution in [2.24, 2.45) is 11.0 Å². The van der Waals surface area contributed by atoms with Gasteiger partial charge < -0.3 is 4.74 Å². The fraction of sp³-hybridized carbons (Fsp3) is 0.241. The second-order valence-corrected chi connectivity index (χ2v) is 11.2. The molecule has 0 N–H and O–H groups in total. The van der Waals surface area contributed by atoms with Gasteiger partial charge in [0.05, 0.1) is 22.8 Å². The first-order valence-electron chi connectivity index (χ1n) is 12.3. The lowest BCUT2D eigenvalue weighted by molar-refractivity contribution is -0.136. The highest BCUT2D eigenvalue weighted by Gasteiger charge is 2.44. The Morgan fingerprint density at radius 2 is 1.95 bits per heavy atom. The van der Waals surface area contributed by atoms with E-state index >= 15 is 0 Å². The summed E-state index contributed by atoms with van der Waals surface area (Å²) in [7, 11) is 0. The molecule has 6 rings (SSSR count). The molecule has 2 aliphatic rings. The summed E-state index contributed by atoms with van der Waals surface area (Å²) >= 11 is 3.32. The smallest absolute Gasteiger partial charge is 0.339 e. The van der Waals surface area contributed by atoms with E-state index in [1.165, 1.54) is 10.5 Å². The van der Waals surface area contributed by atoms with Gasteiger partial charge in [-0.1, -0.05) is 30.3 Å². The lowest BCUT2D eigenvalue weighted by Crippen LogP contribution is -2.34. The van der Waals surface area contributed by atoms with Gasteiger partial charge in [-0.2, -0.15) is 5.10 Å². The largest absolute Gasteiger partial charge is 0.452 e. The van der Waals surface area contributed by atoms with E-state index in [2.05, 4.69) is 28.6 Å². The number of esters is 1. The standard InChI is InChI=1S/C29H25N3O3S2/c1-18-15-23(21-9-2-3-11-24(21)30-18)29(34)35-17-26(33)32-28(25-12-6-14-37-25)22-10-4-7-19(27(22)31-32)16-20-8-5-13-36-20/h2-3,5-6,8-9,11-16,22,28H,4,7,10,17H2,1H3/b19-16-/t22-,28+/m1/s1. The molecule has 4 heterocycles. The number of aryl methyl sites for hydroxylation is 1. The Hall–Kier alpha value is -3.62. The Balaban J connectivity index is 1.27. The average molecular weight is 528 g/mol. The predicted molar refractivity (Wildman–Crippen MR) is 148 cm³/mol. The molecule has 1 amide bonds. The van der Waals surface area contributed by atoms with Gasteiger partial charge in [0.2, 0.25) is 0 Å². The van der Waals surface area contributed by atoms with Crippen molar-refractivity contribution in [1.29, 1.82) is 0 Å². The Bertz CT molecular complexity index is 1520. The third-order valence-electron chi connectivity index (χ3n) is 6.84. The Morgan fingerprint density at radius 3 is 2.76 bits per heavy atom. The molecule has 0 radical (unpaired) electrons. The number of rotatable bonds is 5. The van der Waals surface area contributed by atoms with Crippen LogP contribution in [0, 0.1) is 12.8 Å². The van der Waals surface area contributed by atoms with Crippen LogP contribution in [0.2, 0.25) is 0 Å². The number of nitrogens with zero attached hydrogens (tertiary/aromatic N) is 3. The van der Waals surface area contributed by atoms with E-state index in [0.717, 1.165) is 41.1 Å². The number of allylic oxidation sites excluding steroid dienone is 1. The number of para-hydroxylation sites is 1. The SMILES string of the molecule is Cc1cc(C(=O)OCC(=O)N2N=C3/C(=C\c4cccs4)CCC[C@H]3[C@H]2c2cccs2)c2ccccc2n1. The summed E-state index contributed by atoms with van der Waals surface area (Å²) in [6.45, 7) is 1.47. The van der Waals surface area contributed by atoms with Crippen molar-refractivity contribution in [3.05, 3.63) is 91.9 Å². The third-order valence-corrected chi connectivity index (χ3v) is 8.60. The minimum Gasteiger partial charge on any atom is -0.452 e. The molecule has 3 aromatic heterocycles. The van der Waals surface area contributed by atoms with Crippen LogP contribution in [0.4, 0.5) is 0 Å². The van der Waals surface area contributed by atoms with Crippen LogP contribution < -0.4 is 0 Å². The molecule has 0 spiro atoms. The number of hydrazone groups is 1. The first-order valence-corrected chi connectivity index (χ1v) is 14.1. The highest BCUT2D eigenvalue weighted by Crippen LogP contribution is 2.45. The fourth-order valence-electron chi connectivity index (χ4n) is 5.24. The number of aromatic nitrogens is 1. The number of hydrogen-bond acceptors (Lipinski definition) is 7. The van der Waals surface area contributed by atoms with Gasteiger partial charge in [-0.05, 0) is 72.9 Å². The van der Waals surface area contributed by atoms with E-state index in [-0.39, 0.29) is 24.5 Å². The first kappa shape index (κ1) is 23.8. The Labute approximate surface area is 222 Å². The maximum atomic E-state index is 13.5. The van der Waals surface area contributed by atoms with Gasteiger partial charge in [0, 0.05) is 26.8 Å². The normalized spacial score (nSPS) is 20.2. The molecule has 0 saturated heterocycles. The molecule has 1 saturated carbocycles. The van der Waals surface area contributed by atoms with Crippen molar-refractivity contribution in [1.82, 2.24) is 9.99 Å². The molecule has 1 aliphatic carbocycles. The number of ether oxygens (including phenoxy) is 1. The number of carbonyl (C=O) groups excluding carboxylic acids is 2. The van der Waals surface area contributed by atoms with E-state index in [1.807, 2.05) is 48.7 Å². The van der Waals surface area contributed by atoms with Gasteiger partial charge in [0.1, 0.15) is 0 Å². The molecule has 6 nitrogen and oxygen atoms in total. The minimum atomic E-state index is -0.537. The van der Waals surface area contributed by atoms with Gasteiger partial charge in [0.15, 0.2) is 6.61 Å². The van der Waals surface area contributed by atoms with Crippen LogP contribution in [-0.2, 0) is 9.53 Å². The summed E-state index contributed by atoms with van der Waals surface area (Å²) in [6.07, 6.45) is 5.16. The number of pyridine rings is 1. The van der Waals surface area contributed by atoms with Crippen LogP contribution in [0.25, 0.3) is 17.0 Å². The predicted octanol–water partition coefficient (Wildman–Crippen LogP) is 6.65. The molecular formula is C29H25N3O3S2. The minimum absolute atomic E-state index is 0.130. The van der Waals surface area contributed by atoms with E-state index in [9.17, 15) is 9.59 Å². The van der Waals surface area contributed by atoms with E-state index < -0.39 is 5.97 Å². The molecule has 186 valence electrons. The van der Waals surface area contributed by atoms with Crippen molar-refractivity contribution in [2.45, 2.75) is 32.2 Å². The van der Waals surface area contributed by atoms with Gasteiger partial charge >= 0.3 is 5.97 Å². The molecule has 2 atom stereocenters. The molecule has 0 bridgehead atoms. The van der Waals surface area contributed by atoms with E-state index in [0.29, 0.717) is 10.9 Å². The van der Waals surface area contributed by atoms with Crippen molar-refractivity contribution in [3.63, 3.8) is 0 Å². The number of hydrogen-bond donors (Lipinski definition) is 0. The van der Waals surface area contributed by atoms with Crippen LogP contribution in [-0.4, -0.2) is 34.2 Å². The highest BCUT2D eigenvalue weighted by molar-refractivity contribution is 7.11. The molecule has 8 heteroatoms. The number of carbonyl (C=O) groups is 2. The number of fused-ring (bicyclic) bond motifs is 2. The maximum absolute atomic E-state index is 13.5. The zero-order chi connectivity index (χ0) is 25.4. The van der Waals surface area contributed by atoms with Gasteiger partial charge in [-0.3, -0.25) is 9.78 Å². The molecule has 4 aromatic rings. The van der Waals surface area contributed by atoms with E-state index in [4.69, 9.17) is 9.84 Å². The van der Waals surface area contributed by atoms with Crippen molar-refractivity contribution in [2.75, 3.05) is 6.61 Å². The van der Waals surface area contributed by atoms with Crippen LogP contribution in [0.15, 0.2) is 76.0 Å². The number of amides is 1. The summed E-state index contributed by atoms with van der Waals surface area (Å²) in [5, 5.41) is 11.2. The zero-order valence-electron chi connectivity index (χ0n) is 20.3. The summed E-state index contributed by atoms with van der Waals surface area (Å²) in [5.74, 6) is -0.727. The molecule has 1 fully saturated rings. The topological polar surface area (TPSA) is 71.9 Å². The molecule has 0 unspecified atom stereocenters. The van der Waals surface area contributed by atoms with Crippen LogP contribution in [0.3, 0.4) is 0 Å². The van der Waals surface area contributed by atoms with Crippen LogP contribution in [0.1, 0.15) is 51.1 Å². The van der Waals surface area contributed by atoms with Crippen molar-refractivity contribution >= 4 is 57.2 Å². The highest BCUT2D eigenvalue weighted by atomic mass is 32.1. The lowest BCUT2D eigenvalue weighted by atomic mass is 9.79. The number of thiophene rings is 2. The molecule has 1 aliphatic heterocycles. The molecule has 37 heavy (non-hydrogen) atoms. The monoisotopic (exact) mass is 527 g/mol. The second-order valence-electron chi connectivity index (χ2n) is 9.27. The lowest BCUT2D eigenvalue weighted by Gasteiger charge is -2.28. The summed E-state index contributed by atoms with van der Waals surface area (Å²) in [5.41, 5.74) is 4.02. The second kappa shape index (κ2) is 10.0. The van der Waals surface area contributed by atoms with E-state index in [1.54, 1.807) is 33.7 Å². The molecule has 1 aromatic carbocycles. The fourth-order valence-corrected chi connectivity index (χ4v) is 6.79. The average Bonchev–Trinajstić information content (AvgIpc) is 3.68. The Morgan fingerprint density at radius 1 is 1.11 bits per heavy atom. The zero-order valence-corrected chi connectivity index (χ0v) is 21.9. The summed E-state index contributed by atoms with van der Waals surface area (Å²) < 4.78 is 5.56. The summed E-state index contributed by atoms with van der Waals surface area (Å²) in [6, 6.07) is 17.2. The quantitative estimate of drug-likeness (QED) is 0.273. The van der Waals surface area contributed by atoms with Crippen molar-refractivity contribution in [3.8, 4) is 0 Å².